The lowest BCUT2D eigenvalue weighted by molar-refractivity contribution is -0.385. The number of thioether (sulfide) groups is 1. The summed E-state index contributed by atoms with van der Waals surface area (Å²) in [6.07, 6.45) is 1.74. The fraction of sp³-hybridized carbons (Fsp3) is 0.571. The van der Waals surface area contributed by atoms with Gasteiger partial charge in [0.05, 0.1) is 16.6 Å². The first kappa shape index (κ1) is 17.6. The lowest BCUT2D eigenvalue weighted by Crippen LogP contribution is -2.36. The van der Waals surface area contributed by atoms with E-state index in [1.807, 2.05) is 20.1 Å². The molecule has 0 heterocycles. The van der Waals surface area contributed by atoms with Crippen molar-refractivity contribution in [1.82, 2.24) is 0 Å². The third-order valence-corrected chi connectivity index (χ3v) is 3.57. The van der Waals surface area contributed by atoms with E-state index in [4.69, 9.17) is 4.74 Å². The molecule has 21 heavy (non-hydrogen) atoms. The molecule has 0 fully saturated rings. The van der Waals surface area contributed by atoms with Gasteiger partial charge < -0.3 is 15.2 Å². The van der Waals surface area contributed by atoms with Crippen molar-refractivity contribution in [1.29, 1.82) is 0 Å². The van der Waals surface area contributed by atoms with Crippen molar-refractivity contribution in [3.63, 3.8) is 0 Å². The fourth-order valence-electron chi connectivity index (χ4n) is 1.85. The largest absolute Gasteiger partial charge is 0.484 e. The number of anilines is 1. The van der Waals surface area contributed by atoms with E-state index in [0.717, 1.165) is 0 Å². The maximum absolute atomic E-state index is 11.3. The van der Waals surface area contributed by atoms with Crippen LogP contribution in [0.4, 0.5) is 11.4 Å². The number of hydrogen-bond acceptors (Lipinski definition) is 6. The molecule has 0 aliphatic heterocycles. The van der Waals surface area contributed by atoms with E-state index in [-0.39, 0.29) is 24.1 Å². The highest BCUT2D eigenvalue weighted by atomic mass is 32.2. The molecule has 0 bridgehead atoms. The Balaban J connectivity index is 2.99. The molecule has 0 saturated carbocycles. The van der Waals surface area contributed by atoms with Gasteiger partial charge in [0, 0.05) is 12.3 Å². The molecule has 0 aromatic heterocycles. The summed E-state index contributed by atoms with van der Waals surface area (Å²) in [5.41, 5.74) is -0.701. The van der Waals surface area contributed by atoms with Crippen LogP contribution in [0.1, 0.15) is 20.8 Å². The first-order valence-corrected chi connectivity index (χ1v) is 8.05. The second-order valence-electron chi connectivity index (χ2n) is 5.36. The van der Waals surface area contributed by atoms with Crippen LogP contribution in [0.5, 0.6) is 5.75 Å². The SMILES string of the molecule is CSCC(C)(O)CNc1cccc(OC(C)C)c1[N+](=O)[O-]. The number of ether oxygens (including phenoxy) is 1. The molecule has 1 rings (SSSR count). The lowest BCUT2D eigenvalue weighted by atomic mass is 10.1. The lowest BCUT2D eigenvalue weighted by Gasteiger charge is -2.23. The van der Waals surface area contributed by atoms with Gasteiger partial charge >= 0.3 is 5.69 Å². The predicted molar refractivity (Wildman–Crippen MR) is 86.4 cm³/mol. The second kappa shape index (κ2) is 7.51. The van der Waals surface area contributed by atoms with E-state index in [9.17, 15) is 15.2 Å². The third-order valence-electron chi connectivity index (χ3n) is 2.66. The molecule has 0 amide bonds. The smallest absolute Gasteiger partial charge is 0.333 e. The van der Waals surface area contributed by atoms with Crippen LogP contribution in [-0.2, 0) is 0 Å². The topological polar surface area (TPSA) is 84.6 Å². The van der Waals surface area contributed by atoms with Gasteiger partial charge in [-0.3, -0.25) is 10.1 Å². The Morgan fingerprint density at radius 1 is 1.52 bits per heavy atom. The Bertz CT molecular complexity index is 492. The molecule has 1 unspecified atom stereocenters. The van der Waals surface area contributed by atoms with Crippen LogP contribution in [0.3, 0.4) is 0 Å². The van der Waals surface area contributed by atoms with Gasteiger partial charge in [0.15, 0.2) is 5.75 Å². The van der Waals surface area contributed by atoms with Crippen molar-refractivity contribution in [3.8, 4) is 5.75 Å². The number of aliphatic hydroxyl groups is 1. The van der Waals surface area contributed by atoms with Gasteiger partial charge in [0.2, 0.25) is 0 Å². The van der Waals surface area contributed by atoms with Crippen molar-refractivity contribution < 1.29 is 14.8 Å². The van der Waals surface area contributed by atoms with Crippen molar-refractivity contribution in [2.24, 2.45) is 0 Å². The molecule has 6 nitrogen and oxygen atoms in total. The van der Waals surface area contributed by atoms with Crippen molar-refractivity contribution in [2.75, 3.05) is 23.9 Å². The summed E-state index contributed by atoms with van der Waals surface area (Å²) >= 11 is 1.52. The number of nitro groups is 1. The van der Waals surface area contributed by atoms with E-state index in [0.29, 0.717) is 11.4 Å². The van der Waals surface area contributed by atoms with E-state index < -0.39 is 10.5 Å². The summed E-state index contributed by atoms with van der Waals surface area (Å²) < 4.78 is 5.48. The molecule has 0 spiro atoms. The van der Waals surface area contributed by atoms with Crippen LogP contribution < -0.4 is 10.1 Å². The maximum Gasteiger partial charge on any atom is 0.333 e. The Morgan fingerprint density at radius 2 is 2.19 bits per heavy atom. The second-order valence-corrected chi connectivity index (χ2v) is 6.23. The number of nitro benzene ring substituents is 1. The number of para-hydroxylation sites is 1. The van der Waals surface area contributed by atoms with Gasteiger partial charge in [-0.1, -0.05) is 6.07 Å². The van der Waals surface area contributed by atoms with Crippen molar-refractivity contribution in [2.45, 2.75) is 32.5 Å². The predicted octanol–water partition coefficient (Wildman–Crippen LogP) is 2.91. The van der Waals surface area contributed by atoms with Crippen LogP contribution in [0.2, 0.25) is 0 Å². The molecule has 7 heteroatoms. The van der Waals surface area contributed by atoms with E-state index >= 15 is 0 Å². The van der Waals surface area contributed by atoms with E-state index in [1.54, 1.807) is 25.1 Å². The molecule has 0 saturated heterocycles. The van der Waals surface area contributed by atoms with Gasteiger partial charge in [-0.2, -0.15) is 11.8 Å². The average Bonchev–Trinajstić information content (AvgIpc) is 2.35. The minimum atomic E-state index is -0.942. The zero-order valence-electron chi connectivity index (χ0n) is 12.8. The fourth-order valence-corrected chi connectivity index (χ4v) is 2.57. The number of nitrogens with zero attached hydrogens (tertiary/aromatic N) is 1. The van der Waals surface area contributed by atoms with Gasteiger partial charge in [0.1, 0.15) is 5.69 Å². The third kappa shape index (κ3) is 5.43. The van der Waals surface area contributed by atoms with E-state index in [1.165, 1.54) is 11.8 Å². The highest BCUT2D eigenvalue weighted by Crippen LogP contribution is 2.35. The Labute approximate surface area is 129 Å². The van der Waals surface area contributed by atoms with Gasteiger partial charge in [-0.15, -0.1) is 0 Å². The molecule has 0 aliphatic rings. The Kier molecular flexibility index (Phi) is 6.29. The normalized spacial score (nSPS) is 13.8. The monoisotopic (exact) mass is 314 g/mol. The number of rotatable bonds is 8. The molecule has 2 N–H and O–H groups in total. The Morgan fingerprint density at radius 3 is 2.71 bits per heavy atom. The average molecular weight is 314 g/mol. The van der Waals surface area contributed by atoms with Crippen LogP contribution in [-0.4, -0.2) is 40.3 Å². The van der Waals surface area contributed by atoms with Crippen molar-refractivity contribution >= 4 is 23.1 Å². The number of nitrogens with one attached hydrogen (secondary N) is 1. The van der Waals surface area contributed by atoms with E-state index in [2.05, 4.69) is 5.32 Å². The molecule has 1 atom stereocenters. The highest BCUT2D eigenvalue weighted by molar-refractivity contribution is 7.98. The maximum atomic E-state index is 11.3. The van der Waals surface area contributed by atoms with Gasteiger partial charge in [-0.05, 0) is 39.2 Å². The van der Waals surface area contributed by atoms with Crippen LogP contribution >= 0.6 is 11.8 Å². The number of benzene rings is 1. The first-order valence-electron chi connectivity index (χ1n) is 6.66. The minimum Gasteiger partial charge on any atom is -0.484 e. The summed E-state index contributed by atoms with van der Waals surface area (Å²) in [7, 11) is 0. The molecule has 0 aliphatic carbocycles. The molecule has 0 radical (unpaired) electrons. The zero-order chi connectivity index (χ0) is 16.0. The molecule has 1 aromatic carbocycles. The molecule has 1 aromatic rings. The summed E-state index contributed by atoms with van der Waals surface area (Å²) in [6, 6.07) is 4.88. The minimum absolute atomic E-state index is 0.105. The highest BCUT2D eigenvalue weighted by Gasteiger charge is 2.25. The molecular weight excluding hydrogens is 292 g/mol. The van der Waals surface area contributed by atoms with Gasteiger partial charge in [-0.25, -0.2) is 0 Å². The quantitative estimate of drug-likeness (QED) is 0.567. The van der Waals surface area contributed by atoms with Crippen LogP contribution in [0.25, 0.3) is 0 Å². The first-order chi connectivity index (χ1) is 9.76. The summed E-state index contributed by atoms with van der Waals surface area (Å²) in [4.78, 5) is 10.8. The summed E-state index contributed by atoms with van der Waals surface area (Å²) in [5.74, 6) is 0.764. The molecular formula is C14H22N2O4S. The molecule has 118 valence electrons. The van der Waals surface area contributed by atoms with Crippen LogP contribution in [0, 0.1) is 10.1 Å². The standard InChI is InChI=1S/C14H22N2O4S/c1-10(2)20-12-7-5-6-11(13(12)16(18)19)15-8-14(3,17)9-21-4/h5-7,10,15,17H,8-9H2,1-4H3. The van der Waals surface area contributed by atoms with Crippen LogP contribution in [0.15, 0.2) is 18.2 Å². The summed E-state index contributed by atoms with van der Waals surface area (Å²) in [5, 5.41) is 24.4. The number of hydrogen-bond donors (Lipinski definition) is 2. The van der Waals surface area contributed by atoms with Crippen molar-refractivity contribution in [3.05, 3.63) is 28.3 Å². The zero-order valence-corrected chi connectivity index (χ0v) is 13.6. The summed E-state index contributed by atoms with van der Waals surface area (Å²) in [6.45, 7) is 5.54. The Hall–Kier alpha value is -1.47. The van der Waals surface area contributed by atoms with Gasteiger partial charge in [0.25, 0.3) is 0 Å².